The summed E-state index contributed by atoms with van der Waals surface area (Å²) in [5, 5.41) is 20.8. The predicted octanol–water partition coefficient (Wildman–Crippen LogP) is -0.189. The second-order valence-electron chi connectivity index (χ2n) is 3.71. The van der Waals surface area contributed by atoms with Gasteiger partial charge in [0, 0.05) is 65.3 Å². The van der Waals surface area contributed by atoms with Crippen LogP contribution in [0.3, 0.4) is 0 Å². The Hall–Kier alpha value is -0.970. The molecule has 0 bridgehead atoms. The SMILES string of the molecule is O.O.O=C(O)c1ccc(Nc2ccccn2)c(C(=O)O)c1.[Na].[Na]. The number of pyridine rings is 1. The van der Waals surface area contributed by atoms with Crippen LogP contribution in [-0.2, 0) is 0 Å². The van der Waals surface area contributed by atoms with E-state index in [2.05, 4.69) is 10.3 Å². The minimum atomic E-state index is -1.21. The van der Waals surface area contributed by atoms with Crippen molar-refractivity contribution in [2.45, 2.75) is 0 Å². The molecule has 0 atom stereocenters. The molecule has 0 aliphatic carbocycles. The Kier molecular flexibility index (Phi) is 14.6. The van der Waals surface area contributed by atoms with Gasteiger partial charge >= 0.3 is 11.9 Å². The molecule has 1 aromatic carbocycles. The van der Waals surface area contributed by atoms with Gasteiger partial charge in [0.1, 0.15) is 5.82 Å². The third kappa shape index (κ3) is 7.42. The Morgan fingerprint density at radius 3 is 2.09 bits per heavy atom. The molecule has 0 spiro atoms. The Labute approximate surface area is 176 Å². The molecule has 2 aromatic rings. The van der Waals surface area contributed by atoms with Gasteiger partial charge in [-0.1, -0.05) is 6.07 Å². The van der Waals surface area contributed by atoms with E-state index in [9.17, 15) is 9.59 Å². The smallest absolute Gasteiger partial charge is 0.337 e. The number of nitrogens with zero attached hydrogens (tertiary/aromatic N) is 1. The summed E-state index contributed by atoms with van der Waals surface area (Å²) in [6, 6.07) is 9.01. The number of carboxylic acid groups (broad SMARTS) is 2. The van der Waals surface area contributed by atoms with Gasteiger partial charge < -0.3 is 26.5 Å². The van der Waals surface area contributed by atoms with Crippen LogP contribution < -0.4 is 5.32 Å². The Morgan fingerprint density at radius 1 is 0.957 bits per heavy atom. The van der Waals surface area contributed by atoms with Crippen LogP contribution >= 0.6 is 0 Å². The summed E-state index contributed by atoms with van der Waals surface area (Å²) in [6.07, 6.45) is 1.56. The van der Waals surface area contributed by atoms with E-state index in [1.165, 1.54) is 12.1 Å². The van der Waals surface area contributed by atoms with Crippen molar-refractivity contribution in [1.82, 2.24) is 4.98 Å². The first-order valence-electron chi connectivity index (χ1n) is 5.36. The van der Waals surface area contributed by atoms with E-state index in [4.69, 9.17) is 10.2 Å². The Morgan fingerprint density at radius 2 is 1.61 bits per heavy atom. The van der Waals surface area contributed by atoms with Crippen LogP contribution in [0.1, 0.15) is 20.7 Å². The maximum atomic E-state index is 11.1. The van der Waals surface area contributed by atoms with Gasteiger partial charge in [-0.15, -0.1) is 0 Å². The van der Waals surface area contributed by atoms with Crippen molar-refractivity contribution in [3.8, 4) is 0 Å². The number of carboxylic acids is 2. The first-order chi connectivity index (χ1) is 9.08. The summed E-state index contributed by atoms with van der Waals surface area (Å²) in [4.78, 5) is 26.0. The number of hydrogen-bond donors (Lipinski definition) is 3. The van der Waals surface area contributed by atoms with Crippen LogP contribution in [0, 0.1) is 0 Å². The van der Waals surface area contributed by atoms with Crippen LogP contribution in [0.2, 0.25) is 0 Å². The molecule has 8 nitrogen and oxygen atoms in total. The van der Waals surface area contributed by atoms with Gasteiger partial charge in [0.15, 0.2) is 0 Å². The molecule has 7 N–H and O–H groups in total. The number of benzene rings is 1. The predicted molar refractivity (Wildman–Crippen MR) is 86.6 cm³/mol. The first-order valence-corrected chi connectivity index (χ1v) is 5.36. The third-order valence-electron chi connectivity index (χ3n) is 2.42. The molecule has 1 aromatic heterocycles. The molecular formula is C13H14N2Na2O6. The fourth-order valence-electron chi connectivity index (χ4n) is 1.54. The molecule has 0 amide bonds. The minimum absolute atomic E-state index is 0. The normalized spacial score (nSPS) is 8.17. The van der Waals surface area contributed by atoms with Crippen LogP contribution in [0.15, 0.2) is 42.6 Å². The molecule has 0 unspecified atom stereocenters. The molecule has 1 heterocycles. The second-order valence-corrected chi connectivity index (χ2v) is 3.71. The number of aromatic carboxylic acids is 2. The van der Waals surface area contributed by atoms with Gasteiger partial charge in [-0.25, -0.2) is 14.6 Å². The molecule has 23 heavy (non-hydrogen) atoms. The van der Waals surface area contributed by atoms with Crippen molar-refractivity contribution in [1.29, 1.82) is 0 Å². The van der Waals surface area contributed by atoms with E-state index >= 15 is 0 Å². The number of nitrogens with one attached hydrogen (secondary N) is 1. The zero-order valence-corrected chi connectivity index (χ0v) is 16.7. The second kappa shape index (κ2) is 12.5. The topological polar surface area (TPSA) is 163 Å². The summed E-state index contributed by atoms with van der Waals surface area (Å²) in [6.45, 7) is 0. The summed E-state index contributed by atoms with van der Waals surface area (Å²) in [5.74, 6) is -1.90. The molecule has 0 aliphatic rings. The Balaban J connectivity index is -0.000001000. The van der Waals surface area contributed by atoms with Crippen LogP contribution in [-0.4, -0.2) is 97.2 Å². The van der Waals surface area contributed by atoms with E-state index in [0.717, 1.165) is 6.07 Å². The van der Waals surface area contributed by atoms with Crippen molar-refractivity contribution >= 4 is 82.6 Å². The molecular weight excluding hydrogens is 326 g/mol. The molecule has 0 aliphatic heterocycles. The fourth-order valence-corrected chi connectivity index (χ4v) is 1.54. The Bertz CT molecular complexity index is 640. The number of carbonyl (C=O) groups is 2. The van der Waals surface area contributed by atoms with Crippen LogP contribution in [0.25, 0.3) is 0 Å². The first kappa shape index (κ1) is 26.9. The zero-order chi connectivity index (χ0) is 13.8. The molecule has 2 rings (SSSR count). The van der Waals surface area contributed by atoms with Crippen molar-refractivity contribution in [3.05, 3.63) is 53.7 Å². The molecule has 0 saturated heterocycles. The van der Waals surface area contributed by atoms with Crippen molar-refractivity contribution in [2.24, 2.45) is 0 Å². The summed E-state index contributed by atoms with van der Waals surface area (Å²) in [5.41, 5.74) is 0.0886. The quantitative estimate of drug-likeness (QED) is 0.653. The van der Waals surface area contributed by atoms with Crippen molar-refractivity contribution < 1.29 is 30.8 Å². The van der Waals surface area contributed by atoms with Gasteiger partial charge in [-0.05, 0) is 30.3 Å². The molecule has 0 fully saturated rings. The molecule has 114 valence electrons. The van der Waals surface area contributed by atoms with Gasteiger partial charge in [0.05, 0.1) is 16.8 Å². The number of hydrogen-bond acceptors (Lipinski definition) is 4. The van der Waals surface area contributed by atoms with Crippen LogP contribution in [0.5, 0.6) is 0 Å². The van der Waals surface area contributed by atoms with Crippen molar-refractivity contribution in [3.63, 3.8) is 0 Å². The van der Waals surface area contributed by atoms with Gasteiger partial charge in [0.2, 0.25) is 0 Å². The molecule has 10 heteroatoms. The van der Waals surface area contributed by atoms with Gasteiger partial charge in [-0.3, -0.25) is 0 Å². The van der Waals surface area contributed by atoms with Gasteiger partial charge in [-0.2, -0.15) is 0 Å². The summed E-state index contributed by atoms with van der Waals surface area (Å²) >= 11 is 0. The van der Waals surface area contributed by atoms with E-state index in [0.29, 0.717) is 5.82 Å². The summed E-state index contributed by atoms with van der Waals surface area (Å²) in [7, 11) is 0. The number of aromatic nitrogens is 1. The number of rotatable bonds is 4. The standard InChI is InChI=1S/C13H10N2O4.2Na.2H2O/c16-12(17)8-4-5-10(9(7-8)13(18)19)15-11-3-1-2-6-14-11;;;;/h1-7H,(H,14,15)(H,16,17)(H,18,19);;;2*1H2. The van der Waals surface area contributed by atoms with E-state index in [1.807, 2.05) is 0 Å². The third-order valence-corrected chi connectivity index (χ3v) is 2.42. The average molecular weight is 340 g/mol. The maximum Gasteiger partial charge on any atom is 0.337 e. The molecule has 2 radical (unpaired) electrons. The fraction of sp³-hybridized carbons (Fsp3) is 0. The monoisotopic (exact) mass is 340 g/mol. The minimum Gasteiger partial charge on any atom is -0.478 e. The van der Waals surface area contributed by atoms with Gasteiger partial charge in [0.25, 0.3) is 0 Å². The van der Waals surface area contributed by atoms with E-state index in [-0.39, 0.29) is 86.9 Å². The summed E-state index contributed by atoms with van der Waals surface area (Å²) < 4.78 is 0. The van der Waals surface area contributed by atoms with E-state index in [1.54, 1.807) is 24.4 Å². The number of anilines is 2. The zero-order valence-electron chi connectivity index (χ0n) is 12.7. The average Bonchev–Trinajstić information content (AvgIpc) is 2.39. The maximum absolute atomic E-state index is 11.1. The van der Waals surface area contributed by atoms with Crippen molar-refractivity contribution in [2.75, 3.05) is 5.32 Å². The van der Waals surface area contributed by atoms with E-state index < -0.39 is 11.9 Å². The largest absolute Gasteiger partial charge is 0.478 e. The van der Waals surface area contributed by atoms with Crippen LogP contribution in [0.4, 0.5) is 11.5 Å². The molecule has 0 saturated carbocycles.